The predicted octanol–water partition coefficient (Wildman–Crippen LogP) is 3.76. The molecule has 0 aromatic heterocycles. The number of hydrogen-bond donors (Lipinski definition) is 1. The van der Waals surface area contributed by atoms with Gasteiger partial charge in [-0.25, -0.2) is 4.39 Å². The van der Waals surface area contributed by atoms with E-state index in [0.717, 1.165) is 24.1 Å². The summed E-state index contributed by atoms with van der Waals surface area (Å²) < 4.78 is 14.6. The molecule has 2 N–H and O–H groups in total. The Labute approximate surface area is 130 Å². The third-order valence-electron chi connectivity index (χ3n) is 3.63. The Morgan fingerprint density at radius 2 is 2.05 bits per heavy atom. The number of nitrogens with zero attached hydrogens (tertiary/aromatic N) is 1. The van der Waals surface area contributed by atoms with E-state index in [4.69, 9.17) is 5.73 Å². The molecule has 1 amide bonds. The van der Waals surface area contributed by atoms with Gasteiger partial charge in [-0.05, 0) is 54.8 Å². The number of rotatable bonds is 1. The highest BCUT2D eigenvalue weighted by Crippen LogP contribution is 2.30. The molecule has 0 saturated heterocycles. The fraction of sp³-hybridized carbons (Fsp3) is 0.188. The van der Waals surface area contributed by atoms with Gasteiger partial charge in [-0.3, -0.25) is 4.79 Å². The number of amides is 1. The third kappa shape index (κ3) is 2.65. The van der Waals surface area contributed by atoms with Gasteiger partial charge in [-0.15, -0.1) is 0 Å². The fourth-order valence-corrected chi connectivity index (χ4v) is 3.00. The molecule has 0 aliphatic carbocycles. The van der Waals surface area contributed by atoms with E-state index < -0.39 is 5.82 Å². The first-order valence-corrected chi connectivity index (χ1v) is 7.51. The number of fused-ring (bicyclic) bond motifs is 1. The second-order valence-corrected chi connectivity index (χ2v) is 5.99. The monoisotopic (exact) mass is 348 g/mol. The van der Waals surface area contributed by atoms with Gasteiger partial charge in [0.2, 0.25) is 0 Å². The van der Waals surface area contributed by atoms with E-state index in [0.29, 0.717) is 16.7 Å². The quantitative estimate of drug-likeness (QED) is 0.797. The average molecular weight is 349 g/mol. The minimum atomic E-state index is -0.509. The van der Waals surface area contributed by atoms with Crippen molar-refractivity contribution in [2.75, 3.05) is 17.2 Å². The molecule has 21 heavy (non-hydrogen) atoms. The molecule has 2 aromatic carbocycles. The van der Waals surface area contributed by atoms with Crippen LogP contribution in [0.2, 0.25) is 0 Å². The molecule has 3 nitrogen and oxygen atoms in total. The summed E-state index contributed by atoms with van der Waals surface area (Å²) in [6.45, 7) is 0.585. The minimum Gasteiger partial charge on any atom is -0.399 e. The molecule has 2 aromatic rings. The number of hydrogen-bond acceptors (Lipinski definition) is 2. The zero-order valence-corrected chi connectivity index (χ0v) is 12.9. The Balaban J connectivity index is 2.02. The summed E-state index contributed by atoms with van der Waals surface area (Å²) in [6.07, 6.45) is 1.73. The molecule has 0 atom stereocenters. The van der Waals surface area contributed by atoms with Gasteiger partial charge >= 0.3 is 0 Å². The lowest BCUT2D eigenvalue weighted by molar-refractivity contribution is 0.0981. The molecule has 0 spiro atoms. The van der Waals surface area contributed by atoms with Crippen molar-refractivity contribution in [3.8, 4) is 0 Å². The zero-order chi connectivity index (χ0) is 15.0. The maximum absolute atomic E-state index is 13.9. The van der Waals surface area contributed by atoms with E-state index in [9.17, 15) is 9.18 Å². The Kier molecular flexibility index (Phi) is 3.68. The third-order valence-corrected chi connectivity index (χ3v) is 4.12. The standard InChI is InChI=1S/C16H14BrFN2O/c17-11-3-5-14(18)13(9-11)16(21)20-7-1-2-10-8-12(19)4-6-15(10)20/h3-6,8-9H,1-2,7,19H2. The molecule has 1 aliphatic heterocycles. The largest absolute Gasteiger partial charge is 0.399 e. The lowest BCUT2D eigenvalue weighted by atomic mass is 10.00. The van der Waals surface area contributed by atoms with Crippen molar-refractivity contribution in [2.45, 2.75) is 12.8 Å². The highest BCUT2D eigenvalue weighted by atomic mass is 79.9. The summed E-state index contributed by atoms with van der Waals surface area (Å²) in [5.74, 6) is -0.828. The Bertz CT molecular complexity index is 717. The van der Waals surface area contributed by atoms with Gasteiger partial charge in [0.05, 0.1) is 5.56 Å². The van der Waals surface area contributed by atoms with Gasteiger partial charge in [0.25, 0.3) is 5.91 Å². The van der Waals surface area contributed by atoms with Crippen LogP contribution in [0.25, 0.3) is 0 Å². The number of nitrogen functional groups attached to an aromatic ring is 1. The molecule has 0 fully saturated rings. The van der Waals surface area contributed by atoms with Crippen molar-refractivity contribution in [3.05, 3.63) is 57.8 Å². The van der Waals surface area contributed by atoms with Crippen LogP contribution in [0.5, 0.6) is 0 Å². The van der Waals surface area contributed by atoms with Gasteiger partial charge in [-0.2, -0.15) is 0 Å². The Morgan fingerprint density at radius 3 is 2.86 bits per heavy atom. The van der Waals surface area contributed by atoms with Crippen LogP contribution in [0.1, 0.15) is 22.3 Å². The van der Waals surface area contributed by atoms with Crippen LogP contribution >= 0.6 is 15.9 Å². The summed E-state index contributed by atoms with van der Waals surface area (Å²) in [4.78, 5) is 14.3. The number of halogens is 2. The van der Waals surface area contributed by atoms with Crippen LogP contribution in [0, 0.1) is 5.82 Å². The van der Waals surface area contributed by atoms with E-state index in [1.165, 1.54) is 12.1 Å². The van der Waals surface area contributed by atoms with Crippen LogP contribution < -0.4 is 10.6 Å². The van der Waals surface area contributed by atoms with Crippen molar-refractivity contribution in [3.63, 3.8) is 0 Å². The van der Waals surface area contributed by atoms with Crippen molar-refractivity contribution in [1.29, 1.82) is 0 Å². The maximum Gasteiger partial charge on any atom is 0.261 e. The first-order chi connectivity index (χ1) is 10.1. The Morgan fingerprint density at radius 1 is 1.24 bits per heavy atom. The van der Waals surface area contributed by atoms with Gasteiger partial charge < -0.3 is 10.6 Å². The first kappa shape index (κ1) is 14.1. The number of aryl methyl sites for hydroxylation is 1. The van der Waals surface area contributed by atoms with Gasteiger partial charge in [0.1, 0.15) is 5.82 Å². The molecule has 0 radical (unpaired) electrons. The summed E-state index contributed by atoms with van der Waals surface area (Å²) in [6, 6.07) is 9.87. The van der Waals surface area contributed by atoms with Crippen molar-refractivity contribution >= 4 is 33.2 Å². The second kappa shape index (κ2) is 5.48. The molecule has 0 saturated carbocycles. The molecule has 108 valence electrons. The molecule has 1 aliphatic rings. The smallest absolute Gasteiger partial charge is 0.261 e. The summed E-state index contributed by atoms with van der Waals surface area (Å²) in [7, 11) is 0. The van der Waals surface area contributed by atoms with Crippen LogP contribution in [0.3, 0.4) is 0 Å². The van der Waals surface area contributed by atoms with Crippen molar-refractivity contribution < 1.29 is 9.18 Å². The Hall–Kier alpha value is -1.88. The molecule has 0 unspecified atom stereocenters. The van der Waals surface area contributed by atoms with E-state index >= 15 is 0 Å². The number of benzene rings is 2. The maximum atomic E-state index is 13.9. The van der Waals surface area contributed by atoms with Crippen molar-refractivity contribution in [2.24, 2.45) is 0 Å². The van der Waals surface area contributed by atoms with E-state index in [1.807, 2.05) is 12.1 Å². The molecule has 3 rings (SSSR count). The summed E-state index contributed by atoms with van der Waals surface area (Å²) in [5, 5.41) is 0. The molecular formula is C16H14BrFN2O. The molecule has 1 heterocycles. The lowest BCUT2D eigenvalue weighted by Gasteiger charge is -2.30. The topological polar surface area (TPSA) is 46.3 Å². The predicted molar refractivity (Wildman–Crippen MR) is 85.0 cm³/mol. The van der Waals surface area contributed by atoms with Gasteiger partial charge in [-0.1, -0.05) is 15.9 Å². The normalized spacial score (nSPS) is 13.9. The minimum absolute atomic E-state index is 0.0778. The number of carbonyl (C=O) groups is 1. The highest BCUT2D eigenvalue weighted by molar-refractivity contribution is 9.10. The van der Waals surface area contributed by atoms with E-state index in [-0.39, 0.29) is 11.5 Å². The average Bonchev–Trinajstić information content (AvgIpc) is 2.48. The number of nitrogens with two attached hydrogens (primary N) is 1. The SMILES string of the molecule is Nc1ccc2c(c1)CCCN2C(=O)c1cc(Br)ccc1F. The van der Waals surface area contributed by atoms with E-state index in [2.05, 4.69) is 15.9 Å². The zero-order valence-electron chi connectivity index (χ0n) is 11.3. The molecular weight excluding hydrogens is 335 g/mol. The van der Waals surface area contributed by atoms with E-state index in [1.54, 1.807) is 17.0 Å². The fourth-order valence-electron chi connectivity index (χ4n) is 2.63. The van der Waals surface area contributed by atoms with Crippen LogP contribution in [0.15, 0.2) is 40.9 Å². The highest BCUT2D eigenvalue weighted by Gasteiger charge is 2.25. The molecule has 0 bridgehead atoms. The van der Waals surface area contributed by atoms with Crippen LogP contribution in [-0.2, 0) is 6.42 Å². The van der Waals surface area contributed by atoms with Crippen LogP contribution in [-0.4, -0.2) is 12.5 Å². The van der Waals surface area contributed by atoms with Gasteiger partial charge in [0.15, 0.2) is 0 Å². The van der Waals surface area contributed by atoms with Gasteiger partial charge in [0, 0.05) is 22.4 Å². The first-order valence-electron chi connectivity index (χ1n) is 6.71. The summed E-state index contributed by atoms with van der Waals surface area (Å²) >= 11 is 3.28. The second-order valence-electron chi connectivity index (χ2n) is 5.07. The lowest BCUT2D eigenvalue weighted by Crippen LogP contribution is -2.36. The molecule has 5 heteroatoms. The van der Waals surface area contributed by atoms with Crippen molar-refractivity contribution in [1.82, 2.24) is 0 Å². The summed E-state index contributed by atoms with van der Waals surface area (Å²) in [5.41, 5.74) is 8.40. The van der Waals surface area contributed by atoms with Crippen LogP contribution in [0.4, 0.5) is 15.8 Å². The number of anilines is 2. The number of carbonyl (C=O) groups excluding carboxylic acids is 1.